The van der Waals surface area contributed by atoms with Crippen LogP contribution < -0.4 is 0 Å². The van der Waals surface area contributed by atoms with Gasteiger partial charge in [-0.2, -0.15) is 0 Å². The molecule has 0 aliphatic heterocycles. The quantitative estimate of drug-likeness (QED) is 0.252. The van der Waals surface area contributed by atoms with Gasteiger partial charge in [0.25, 0.3) is 0 Å². The topological polar surface area (TPSA) is 44.8 Å². The Morgan fingerprint density at radius 3 is 1.22 bits per heavy atom. The monoisotopic (exact) mass is 446 g/mol. The van der Waals surface area contributed by atoms with Crippen LogP contribution >= 0.6 is 7.82 Å². The number of unbranched alkanes of at least 4 members (excludes halogenated alkanes) is 3. The summed E-state index contributed by atoms with van der Waals surface area (Å²) >= 11 is 0. The van der Waals surface area contributed by atoms with Gasteiger partial charge in [-0.15, -0.1) is 0 Å². The fourth-order valence-electron chi connectivity index (χ4n) is 1.07. The van der Waals surface area contributed by atoms with Crippen molar-refractivity contribution in [2.75, 3.05) is 19.8 Å². The van der Waals surface area contributed by atoms with E-state index in [9.17, 15) is 4.57 Å². The average Bonchev–Trinajstić information content (AvgIpc) is 2.30. The third-order valence-electron chi connectivity index (χ3n) is 2.24. The van der Waals surface area contributed by atoms with E-state index in [4.69, 9.17) is 13.6 Å². The van der Waals surface area contributed by atoms with Gasteiger partial charge < -0.3 is 0 Å². The van der Waals surface area contributed by atoms with Gasteiger partial charge in [0, 0.05) is 25.8 Å². The predicted molar refractivity (Wildman–Crippen MR) is 70.2 cm³/mol. The third kappa shape index (κ3) is 12.0. The molecule has 0 bridgehead atoms. The molecule has 0 aromatic heterocycles. The fourth-order valence-corrected chi connectivity index (χ4v) is 2.36. The van der Waals surface area contributed by atoms with Crippen LogP contribution in [0.25, 0.3) is 0 Å². The van der Waals surface area contributed by atoms with Crippen LogP contribution in [0.5, 0.6) is 0 Å². The summed E-state index contributed by atoms with van der Waals surface area (Å²) in [5.41, 5.74) is 0. The Morgan fingerprint density at radius 1 is 0.722 bits per heavy atom. The summed E-state index contributed by atoms with van der Waals surface area (Å²) in [6.07, 6.45) is 5.63. The summed E-state index contributed by atoms with van der Waals surface area (Å²) in [7, 11) is -3.31. The molecule has 0 spiro atoms. The molecule has 18 heavy (non-hydrogen) atoms. The molecule has 4 nitrogen and oxygen atoms in total. The Hall–Kier alpha value is 0.980. The molecule has 108 valence electrons. The smallest absolute Gasteiger partial charge is 0.287 e. The second-order valence-electron chi connectivity index (χ2n) is 4.01. The van der Waals surface area contributed by atoms with Crippen molar-refractivity contribution in [1.29, 1.82) is 0 Å². The molecule has 0 aromatic carbocycles. The number of hydrogen-bond donors (Lipinski definition) is 0. The molecule has 0 N–H and O–H groups in total. The summed E-state index contributed by atoms with van der Waals surface area (Å²) in [5.74, 6) is 0. The first-order valence-corrected chi connectivity index (χ1v) is 8.18. The Labute approximate surface area is 131 Å². The summed E-state index contributed by atoms with van der Waals surface area (Å²) in [4.78, 5) is 0. The molecule has 0 heterocycles. The maximum Gasteiger partial charge on any atom is 0.474 e. The Balaban J connectivity index is 0. The minimum atomic E-state index is -3.31. The van der Waals surface area contributed by atoms with Crippen LogP contribution in [-0.2, 0) is 44.0 Å². The van der Waals surface area contributed by atoms with Gasteiger partial charge in [0.05, 0.1) is 19.8 Å². The van der Waals surface area contributed by atoms with E-state index in [0.29, 0.717) is 19.8 Å². The zero-order valence-corrected chi connectivity index (χ0v) is 16.4. The van der Waals surface area contributed by atoms with E-state index in [0.717, 1.165) is 38.5 Å². The van der Waals surface area contributed by atoms with Gasteiger partial charge in [0.15, 0.2) is 0 Å². The summed E-state index contributed by atoms with van der Waals surface area (Å²) in [6, 6.07) is 0. The van der Waals surface area contributed by atoms with Gasteiger partial charge in [0.1, 0.15) is 0 Å². The van der Waals surface area contributed by atoms with E-state index in [2.05, 4.69) is 20.8 Å². The van der Waals surface area contributed by atoms with Crippen molar-refractivity contribution >= 4 is 7.82 Å². The second-order valence-corrected chi connectivity index (χ2v) is 5.68. The molecule has 0 amide bonds. The molecule has 6 heteroatoms. The maximum absolute atomic E-state index is 12.2. The van der Waals surface area contributed by atoms with Gasteiger partial charge >= 0.3 is 7.82 Å². The first-order valence-electron chi connectivity index (χ1n) is 6.72. The van der Waals surface area contributed by atoms with Crippen LogP contribution in [-0.4, -0.2) is 19.8 Å². The number of phosphoric ester groups is 1. The minimum absolute atomic E-state index is 0. The van der Waals surface area contributed by atoms with E-state index >= 15 is 0 Å². The number of phosphoric acid groups is 1. The van der Waals surface area contributed by atoms with Gasteiger partial charge in [0.2, 0.25) is 0 Å². The van der Waals surface area contributed by atoms with Crippen LogP contribution in [0.15, 0.2) is 0 Å². The van der Waals surface area contributed by atoms with Crippen LogP contribution in [0, 0.1) is 0 Å². The molecule has 0 saturated heterocycles. The molecule has 0 aliphatic carbocycles. The molecule has 0 aliphatic rings. The predicted octanol–water partition coefficient (Wildman–Crippen LogP) is 4.54. The standard InChI is InChI=1S/C12H27O4P.Hf/c1-4-7-10-14-17(13,15-11-8-5-2)16-12-9-6-3;/h4-12H2,1-3H3;. The van der Waals surface area contributed by atoms with E-state index in [1.807, 2.05) is 0 Å². The zero-order valence-electron chi connectivity index (χ0n) is 11.9. The molecule has 0 atom stereocenters. The molecule has 0 fully saturated rings. The number of rotatable bonds is 12. The minimum Gasteiger partial charge on any atom is -0.287 e. The second kappa shape index (κ2) is 14.4. The van der Waals surface area contributed by atoms with Crippen LogP contribution in [0.2, 0.25) is 0 Å². The normalized spacial score (nSPS) is 11.3. The molecular weight excluding hydrogens is 418 g/mol. The summed E-state index contributed by atoms with van der Waals surface area (Å²) in [5, 5.41) is 0. The molecule has 0 unspecified atom stereocenters. The average molecular weight is 445 g/mol. The van der Waals surface area contributed by atoms with Gasteiger partial charge in [-0.1, -0.05) is 40.0 Å². The Bertz CT molecular complexity index is 181. The molecule has 0 aromatic rings. The van der Waals surface area contributed by atoms with Crippen molar-refractivity contribution in [3.63, 3.8) is 0 Å². The Kier molecular flexibility index (Phi) is 17.0. The van der Waals surface area contributed by atoms with E-state index in [1.165, 1.54) is 0 Å². The Morgan fingerprint density at radius 2 is 1.00 bits per heavy atom. The van der Waals surface area contributed by atoms with E-state index in [1.54, 1.807) is 0 Å². The largest absolute Gasteiger partial charge is 0.474 e. The summed E-state index contributed by atoms with van der Waals surface area (Å²) in [6.45, 7) is 7.49. The first kappa shape index (κ1) is 21.3. The molecule has 0 radical (unpaired) electrons. The van der Waals surface area contributed by atoms with E-state index < -0.39 is 7.82 Å². The summed E-state index contributed by atoms with van der Waals surface area (Å²) < 4.78 is 28.0. The van der Waals surface area contributed by atoms with Crippen molar-refractivity contribution < 1.29 is 44.0 Å². The molecular formula is C12H27HfO4P. The van der Waals surface area contributed by atoms with Crippen molar-refractivity contribution in [3.8, 4) is 0 Å². The van der Waals surface area contributed by atoms with Crippen molar-refractivity contribution in [1.82, 2.24) is 0 Å². The van der Waals surface area contributed by atoms with E-state index in [-0.39, 0.29) is 25.8 Å². The third-order valence-corrected chi connectivity index (χ3v) is 3.74. The van der Waals surface area contributed by atoms with Crippen LogP contribution in [0.3, 0.4) is 0 Å². The zero-order chi connectivity index (χ0) is 13.0. The molecule has 0 rings (SSSR count). The number of hydrogen-bond acceptors (Lipinski definition) is 4. The van der Waals surface area contributed by atoms with Crippen LogP contribution in [0.4, 0.5) is 0 Å². The van der Waals surface area contributed by atoms with Crippen molar-refractivity contribution in [2.24, 2.45) is 0 Å². The van der Waals surface area contributed by atoms with Gasteiger partial charge in [-0.25, -0.2) is 4.57 Å². The maximum atomic E-state index is 12.2. The SMILES string of the molecule is CCCCOP(=O)(OCCCC)OCCCC.[Hf]. The van der Waals surface area contributed by atoms with Gasteiger partial charge in [-0.05, 0) is 19.3 Å². The fraction of sp³-hybridized carbons (Fsp3) is 1.00. The van der Waals surface area contributed by atoms with Crippen LogP contribution in [0.1, 0.15) is 59.3 Å². The molecule has 0 saturated carbocycles. The first-order chi connectivity index (χ1) is 8.18. The van der Waals surface area contributed by atoms with Crippen molar-refractivity contribution in [3.05, 3.63) is 0 Å². The van der Waals surface area contributed by atoms with Gasteiger partial charge in [-0.3, -0.25) is 13.6 Å². The van der Waals surface area contributed by atoms with Crippen molar-refractivity contribution in [2.45, 2.75) is 59.3 Å².